The molecule has 0 heterocycles. The predicted molar refractivity (Wildman–Crippen MR) is 40.0 cm³/mol. The van der Waals surface area contributed by atoms with Crippen molar-refractivity contribution in [2.24, 2.45) is 0 Å². The predicted octanol–water partition coefficient (Wildman–Crippen LogP) is 0.911. The average molecular weight is 180 g/mol. The molecule has 0 saturated heterocycles. The highest BCUT2D eigenvalue weighted by Crippen LogP contribution is 1.87. The van der Waals surface area contributed by atoms with Crippen LogP contribution >= 0.6 is 0 Å². The van der Waals surface area contributed by atoms with Crippen molar-refractivity contribution in [1.29, 1.82) is 0 Å². The van der Waals surface area contributed by atoms with Gasteiger partial charge in [-0.05, 0) is 0 Å². The van der Waals surface area contributed by atoms with Gasteiger partial charge in [0.05, 0.1) is 0 Å². The quantitative estimate of drug-likeness (QED) is 0.659. The molecule has 0 unspecified atom stereocenters. The van der Waals surface area contributed by atoms with Crippen LogP contribution in [0.1, 0.15) is 0 Å². The van der Waals surface area contributed by atoms with Gasteiger partial charge < -0.3 is 10.2 Å². The molecule has 5 nitrogen and oxygen atoms in total. The van der Waals surface area contributed by atoms with Gasteiger partial charge in [0, 0.05) is 10.8 Å². The van der Waals surface area contributed by atoms with Gasteiger partial charge >= 0.3 is 6.16 Å². The van der Waals surface area contributed by atoms with Crippen molar-refractivity contribution >= 4 is 16.0 Å². The zero-order valence-electron chi connectivity index (χ0n) is 5.60. The van der Waals surface area contributed by atoms with E-state index in [1.54, 1.807) is 0 Å². The summed E-state index contributed by atoms with van der Waals surface area (Å²) < 4.78 is 20.3. The molecule has 0 aliphatic carbocycles. The van der Waals surface area contributed by atoms with E-state index in [1.807, 2.05) is 0 Å². The van der Waals surface area contributed by atoms with Gasteiger partial charge in [-0.1, -0.05) is 13.2 Å². The summed E-state index contributed by atoms with van der Waals surface area (Å²) in [4.78, 5) is 8.56. The fraction of sp³-hybridized carbons (Fsp3) is 0. The topological polar surface area (TPSA) is 91.7 Å². The van der Waals surface area contributed by atoms with E-state index in [0.717, 1.165) is 10.8 Å². The largest absolute Gasteiger partial charge is 0.503 e. The second-order valence-corrected chi connectivity index (χ2v) is 3.05. The summed E-state index contributed by atoms with van der Waals surface area (Å²) in [6.45, 7) is 6.09. The Morgan fingerprint density at radius 3 is 1.36 bits per heavy atom. The lowest BCUT2D eigenvalue weighted by molar-refractivity contribution is 0.137. The summed E-state index contributed by atoms with van der Waals surface area (Å²) in [6, 6.07) is 0. The van der Waals surface area contributed by atoms with Gasteiger partial charge in [0.15, 0.2) is 9.84 Å². The van der Waals surface area contributed by atoms with Crippen LogP contribution in [0.2, 0.25) is 0 Å². The number of carbonyl (C=O) groups is 1. The van der Waals surface area contributed by atoms with E-state index in [9.17, 15) is 8.42 Å². The Balaban J connectivity index is 0. The monoisotopic (exact) mass is 180 g/mol. The smallest absolute Gasteiger partial charge is 0.450 e. The maximum absolute atomic E-state index is 10.1. The molecule has 0 aromatic carbocycles. The lowest BCUT2D eigenvalue weighted by Gasteiger charge is -1.78. The highest BCUT2D eigenvalue weighted by atomic mass is 32.2. The maximum atomic E-state index is 10.1. The Labute approximate surface area is 64.2 Å². The van der Waals surface area contributed by atoms with Crippen LogP contribution in [0.3, 0.4) is 0 Å². The van der Waals surface area contributed by atoms with Crippen LogP contribution in [0.15, 0.2) is 24.0 Å². The van der Waals surface area contributed by atoms with Gasteiger partial charge in [-0.15, -0.1) is 0 Å². The molecule has 0 atom stereocenters. The zero-order chi connectivity index (χ0) is 9.49. The number of carboxylic acid groups (broad SMARTS) is 2. The van der Waals surface area contributed by atoms with Crippen LogP contribution in [0.4, 0.5) is 4.79 Å². The van der Waals surface area contributed by atoms with Crippen molar-refractivity contribution in [2.45, 2.75) is 0 Å². The van der Waals surface area contributed by atoms with Crippen molar-refractivity contribution in [2.75, 3.05) is 0 Å². The van der Waals surface area contributed by atoms with Gasteiger partial charge in [-0.3, -0.25) is 0 Å². The molecule has 64 valence electrons. The van der Waals surface area contributed by atoms with Crippen LogP contribution in [0.5, 0.6) is 0 Å². The molecule has 6 heteroatoms. The molecule has 11 heavy (non-hydrogen) atoms. The Hall–Kier alpha value is -1.30. The Morgan fingerprint density at radius 1 is 1.18 bits per heavy atom. The summed E-state index contributed by atoms with van der Waals surface area (Å²) in [7, 11) is -3.13. The summed E-state index contributed by atoms with van der Waals surface area (Å²) in [5.41, 5.74) is 0. The molecule has 0 spiro atoms. The van der Waals surface area contributed by atoms with Gasteiger partial charge in [0.25, 0.3) is 0 Å². The number of hydrogen-bond acceptors (Lipinski definition) is 3. The molecular weight excluding hydrogens is 172 g/mol. The van der Waals surface area contributed by atoms with E-state index in [4.69, 9.17) is 15.0 Å². The van der Waals surface area contributed by atoms with Crippen molar-refractivity contribution in [3.8, 4) is 0 Å². The van der Waals surface area contributed by atoms with Crippen LogP contribution < -0.4 is 0 Å². The molecule has 0 bridgehead atoms. The van der Waals surface area contributed by atoms with E-state index >= 15 is 0 Å². The third-order valence-corrected chi connectivity index (χ3v) is 1.39. The minimum Gasteiger partial charge on any atom is -0.450 e. The fourth-order valence-corrected chi connectivity index (χ4v) is 0.204. The SMILES string of the molecule is C=CS(=O)(=O)C=C.O=C(O)O. The molecule has 0 fully saturated rings. The molecule has 0 saturated carbocycles. The number of hydrogen-bond donors (Lipinski definition) is 2. The van der Waals surface area contributed by atoms with E-state index in [-0.39, 0.29) is 0 Å². The first-order valence-corrected chi connectivity index (χ1v) is 3.88. The molecule has 0 aromatic heterocycles. The average Bonchev–Trinajstić information content (AvgIpc) is 1.87. The molecule has 0 amide bonds. The van der Waals surface area contributed by atoms with Crippen molar-refractivity contribution in [3.05, 3.63) is 24.0 Å². The first kappa shape index (κ1) is 12.4. The normalized spacial score (nSPS) is 8.73. The van der Waals surface area contributed by atoms with Crippen molar-refractivity contribution in [1.82, 2.24) is 0 Å². The molecule has 0 aliphatic heterocycles. The Morgan fingerprint density at radius 2 is 1.36 bits per heavy atom. The molecular formula is C5H8O5S. The van der Waals surface area contributed by atoms with E-state index in [1.165, 1.54) is 0 Å². The summed E-state index contributed by atoms with van der Waals surface area (Å²) in [5.74, 6) is 0. The van der Waals surface area contributed by atoms with Crippen LogP contribution in [-0.4, -0.2) is 24.8 Å². The first-order valence-electron chi connectivity index (χ1n) is 2.27. The van der Waals surface area contributed by atoms with E-state index in [0.29, 0.717) is 0 Å². The van der Waals surface area contributed by atoms with Gasteiger partial charge in [-0.2, -0.15) is 0 Å². The minimum atomic E-state index is -3.13. The van der Waals surface area contributed by atoms with E-state index in [2.05, 4.69) is 13.2 Å². The highest BCUT2D eigenvalue weighted by Gasteiger charge is 1.90. The number of rotatable bonds is 2. The molecule has 0 aromatic rings. The Kier molecular flexibility index (Phi) is 6.17. The fourth-order valence-electron chi connectivity index (χ4n) is 0.0680. The highest BCUT2D eigenvalue weighted by molar-refractivity contribution is 7.97. The van der Waals surface area contributed by atoms with Crippen LogP contribution in [0.25, 0.3) is 0 Å². The standard InChI is InChI=1S/C4H6O2S.CH2O3/c1-3-7(5,6)4-2;2-1(3)4/h3-4H,1-2H2;(H2,2,3,4). The second kappa shape index (κ2) is 5.48. The zero-order valence-corrected chi connectivity index (χ0v) is 6.41. The molecule has 2 N–H and O–H groups in total. The third-order valence-electron chi connectivity index (χ3n) is 0.465. The van der Waals surface area contributed by atoms with Crippen LogP contribution in [0, 0.1) is 0 Å². The summed E-state index contributed by atoms with van der Waals surface area (Å²) in [5, 5.41) is 15.6. The van der Waals surface area contributed by atoms with Gasteiger partial charge in [0.2, 0.25) is 0 Å². The summed E-state index contributed by atoms with van der Waals surface area (Å²) in [6.07, 6.45) is -1.83. The minimum absolute atomic E-state index is 0.847. The molecule has 0 radical (unpaired) electrons. The van der Waals surface area contributed by atoms with E-state index < -0.39 is 16.0 Å². The van der Waals surface area contributed by atoms with Gasteiger partial charge in [-0.25, -0.2) is 13.2 Å². The maximum Gasteiger partial charge on any atom is 0.503 e. The second-order valence-electron chi connectivity index (χ2n) is 1.20. The lowest BCUT2D eigenvalue weighted by atomic mass is 11.3. The summed E-state index contributed by atoms with van der Waals surface area (Å²) >= 11 is 0. The molecule has 0 aliphatic rings. The van der Waals surface area contributed by atoms with Crippen LogP contribution in [-0.2, 0) is 9.84 Å². The van der Waals surface area contributed by atoms with Gasteiger partial charge in [0.1, 0.15) is 0 Å². The third kappa shape index (κ3) is 17.7. The molecule has 0 rings (SSSR count). The number of sulfone groups is 1. The van der Waals surface area contributed by atoms with Crippen molar-refractivity contribution < 1.29 is 23.4 Å². The first-order chi connectivity index (χ1) is 4.85. The Bertz CT molecular complexity index is 220. The lowest BCUT2D eigenvalue weighted by Crippen LogP contribution is -1.83. The van der Waals surface area contributed by atoms with Crippen molar-refractivity contribution in [3.63, 3.8) is 0 Å².